The SMILES string of the molecule is COc1ccccc1CCNc1nccc(CO)n1. The summed E-state index contributed by atoms with van der Waals surface area (Å²) in [5.74, 6) is 1.41. The molecule has 1 aromatic carbocycles. The Morgan fingerprint density at radius 3 is 2.89 bits per heavy atom. The molecule has 0 aliphatic carbocycles. The van der Waals surface area contributed by atoms with Gasteiger partial charge in [-0.2, -0.15) is 0 Å². The molecule has 0 atom stereocenters. The van der Waals surface area contributed by atoms with Gasteiger partial charge in [-0.25, -0.2) is 9.97 Å². The molecule has 2 rings (SSSR count). The summed E-state index contributed by atoms with van der Waals surface area (Å²) in [5, 5.41) is 12.1. The Labute approximate surface area is 112 Å². The number of ether oxygens (including phenoxy) is 1. The number of aliphatic hydroxyl groups is 1. The van der Waals surface area contributed by atoms with Gasteiger partial charge in [0.05, 0.1) is 19.4 Å². The normalized spacial score (nSPS) is 10.2. The zero-order chi connectivity index (χ0) is 13.5. The van der Waals surface area contributed by atoms with E-state index in [1.807, 2.05) is 24.3 Å². The molecule has 5 heteroatoms. The maximum atomic E-state index is 9.00. The molecule has 0 saturated carbocycles. The van der Waals surface area contributed by atoms with Crippen molar-refractivity contribution < 1.29 is 9.84 Å². The number of nitrogens with one attached hydrogen (secondary N) is 1. The first kappa shape index (κ1) is 13.3. The van der Waals surface area contributed by atoms with Crippen LogP contribution in [0.2, 0.25) is 0 Å². The molecular weight excluding hydrogens is 242 g/mol. The van der Waals surface area contributed by atoms with Gasteiger partial charge in [-0.1, -0.05) is 18.2 Å². The lowest BCUT2D eigenvalue weighted by molar-refractivity contribution is 0.277. The third-order valence-corrected chi connectivity index (χ3v) is 2.75. The molecule has 0 radical (unpaired) electrons. The number of nitrogens with zero attached hydrogens (tertiary/aromatic N) is 2. The van der Waals surface area contributed by atoms with Crippen LogP contribution >= 0.6 is 0 Å². The number of anilines is 1. The minimum absolute atomic E-state index is 0.0797. The number of para-hydroxylation sites is 1. The second-order valence-electron chi connectivity index (χ2n) is 4.02. The van der Waals surface area contributed by atoms with E-state index in [4.69, 9.17) is 9.84 Å². The standard InChI is InChI=1S/C14H17N3O2/c1-19-13-5-3-2-4-11(13)6-8-15-14-16-9-7-12(10-18)17-14/h2-5,7,9,18H,6,8,10H2,1H3,(H,15,16,17). The fourth-order valence-corrected chi connectivity index (χ4v) is 1.79. The quantitative estimate of drug-likeness (QED) is 0.825. The fourth-order valence-electron chi connectivity index (χ4n) is 1.79. The highest BCUT2D eigenvalue weighted by molar-refractivity contribution is 5.34. The van der Waals surface area contributed by atoms with E-state index >= 15 is 0 Å². The number of hydrogen-bond donors (Lipinski definition) is 2. The lowest BCUT2D eigenvalue weighted by Crippen LogP contribution is -2.09. The average Bonchev–Trinajstić information content (AvgIpc) is 2.48. The lowest BCUT2D eigenvalue weighted by atomic mass is 10.1. The molecule has 0 saturated heterocycles. The minimum atomic E-state index is -0.0797. The van der Waals surface area contributed by atoms with Gasteiger partial charge >= 0.3 is 0 Å². The maximum Gasteiger partial charge on any atom is 0.222 e. The highest BCUT2D eigenvalue weighted by atomic mass is 16.5. The zero-order valence-corrected chi connectivity index (χ0v) is 10.8. The van der Waals surface area contributed by atoms with Gasteiger partial charge in [0.1, 0.15) is 5.75 Å². The molecule has 5 nitrogen and oxygen atoms in total. The van der Waals surface area contributed by atoms with Crippen LogP contribution in [0.1, 0.15) is 11.3 Å². The van der Waals surface area contributed by atoms with Crippen LogP contribution in [0.4, 0.5) is 5.95 Å². The fraction of sp³-hybridized carbons (Fsp3) is 0.286. The zero-order valence-electron chi connectivity index (χ0n) is 10.8. The number of methoxy groups -OCH3 is 1. The van der Waals surface area contributed by atoms with E-state index in [0.717, 1.165) is 17.7 Å². The highest BCUT2D eigenvalue weighted by Crippen LogP contribution is 2.17. The number of benzene rings is 1. The number of aromatic nitrogens is 2. The molecule has 1 heterocycles. The van der Waals surface area contributed by atoms with Crippen molar-refractivity contribution in [3.8, 4) is 5.75 Å². The van der Waals surface area contributed by atoms with Crippen LogP contribution in [0.3, 0.4) is 0 Å². The van der Waals surface area contributed by atoms with Crippen LogP contribution in [0.25, 0.3) is 0 Å². The second kappa shape index (κ2) is 6.70. The summed E-state index contributed by atoms with van der Waals surface area (Å²) in [7, 11) is 1.67. The van der Waals surface area contributed by atoms with Crippen LogP contribution in [-0.4, -0.2) is 28.7 Å². The Hall–Kier alpha value is -2.14. The number of hydrogen-bond acceptors (Lipinski definition) is 5. The summed E-state index contributed by atoms with van der Waals surface area (Å²) in [5.41, 5.74) is 1.74. The summed E-state index contributed by atoms with van der Waals surface area (Å²) >= 11 is 0. The van der Waals surface area contributed by atoms with Crippen molar-refractivity contribution in [3.05, 3.63) is 47.8 Å². The van der Waals surface area contributed by atoms with E-state index in [1.54, 1.807) is 19.4 Å². The van der Waals surface area contributed by atoms with Gasteiger partial charge in [0.15, 0.2) is 0 Å². The Morgan fingerprint density at radius 2 is 2.11 bits per heavy atom. The summed E-state index contributed by atoms with van der Waals surface area (Å²) in [6.45, 7) is 0.624. The Balaban J connectivity index is 1.92. The monoisotopic (exact) mass is 259 g/mol. The van der Waals surface area contributed by atoms with Gasteiger partial charge in [-0.3, -0.25) is 0 Å². The average molecular weight is 259 g/mol. The molecule has 100 valence electrons. The van der Waals surface area contributed by atoms with E-state index in [2.05, 4.69) is 15.3 Å². The van der Waals surface area contributed by atoms with Crippen LogP contribution in [-0.2, 0) is 13.0 Å². The van der Waals surface area contributed by atoms with Crippen molar-refractivity contribution in [1.82, 2.24) is 9.97 Å². The largest absolute Gasteiger partial charge is 0.496 e. The van der Waals surface area contributed by atoms with Crippen LogP contribution in [0, 0.1) is 0 Å². The molecule has 0 bridgehead atoms. The lowest BCUT2D eigenvalue weighted by Gasteiger charge is -2.09. The molecule has 0 spiro atoms. The van der Waals surface area contributed by atoms with Crippen molar-refractivity contribution in [2.75, 3.05) is 19.0 Å². The maximum absolute atomic E-state index is 9.00. The Morgan fingerprint density at radius 1 is 1.26 bits per heavy atom. The molecule has 19 heavy (non-hydrogen) atoms. The predicted molar refractivity (Wildman–Crippen MR) is 73.1 cm³/mol. The van der Waals surface area contributed by atoms with Gasteiger partial charge < -0.3 is 15.2 Å². The van der Waals surface area contributed by atoms with E-state index in [0.29, 0.717) is 18.2 Å². The van der Waals surface area contributed by atoms with Gasteiger partial charge in [0.25, 0.3) is 0 Å². The molecule has 2 aromatic rings. The van der Waals surface area contributed by atoms with Gasteiger partial charge in [-0.15, -0.1) is 0 Å². The summed E-state index contributed by atoms with van der Waals surface area (Å²) in [6.07, 6.45) is 2.45. The van der Waals surface area contributed by atoms with E-state index < -0.39 is 0 Å². The molecule has 0 amide bonds. The molecule has 0 fully saturated rings. The van der Waals surface area contributed by atoms with Crippen molar-refractivity contribution in [2.45, 2.75) is 13.0 Å². The Bertz CT molecular complexity index is 532. The topological polar surface area (TPSA) is 67.3 Å². The summed E-state index contributed by atoms with van der Waals surface area (Å²) in [4.78, 5) is 8.26. The van der Waals surface area contributed by atoms with E-state index in [1.165, 1.54) is 0 Å². The number of rotatable bonds is 6. The highest BCUT2D eigenvalue weighted by Gasteiger charge is 2.02. The van der Waals surface area contributed by atoms with E-state index in [-0.39, 0.29) is 6.61 Å². The molecule has 2 N–H and O–H groups in total. The van der Waals surface area contributed by atoms with Crippen molar-refractivity contribution >= 4 is 5.95 Å². The third kappa shape index (κ3) is 3.66. The first-order valence-electron chi connectivity index (χ1n) is 6.12. The van der Waals surface area contributed by atoms with Gasteiger partial charge in [-0.05, 0) is 24.1 Å². The van der Waals surface area contributed by atoms with Crippen LogP contribution < -0.4 is 10.1 Å². The second-order valence-corrected chi connectivity index (χ2v) is 4.02. The van der Waals surface area contributed by atoms with Crippen LogP contribution in [0.15, 0.2) is 36.5 Å². The van der Waals surface area contributed by atoms with Crippen molar-refractivity contribution in [2.24, 2.45) is 0 Å². The Kier molecular flexibility index (Phi) is 4.69. The van der Waals surface area contributed by atoms with Crippen molar-refractivity contribution in [3.63, 3.8) is 0 Å². The smallest absolute Gasteiger partial charge is 0.222 e. The molecule has 1 aromatic heterocycles. The molecular formula is C14H17N3O2. The van der Waals surface area contributed by atoms with E-state index in [9.17, 15) is 0 Å². The summed E-state index contributed by atoms with van der Waals surface area (Å²) < 4.78 is 5.29. The van der Waals surface area contributed by atoms with Gasteiger partial charge in [0, 0.05) is 12.7 Å². The van der Waals surface area contributed by atoms with Crippen LogP contribution in [0.5, 0.6) is 5.75 Å². The first-order valence-corrected chi connectivity index (χ1v) is 6.12. The van der Waals surface area contributed by atoms with Gasteiger partial charge in [0.2, 0.25) is 5.95 Å². The predicted octanol–water partition coefficient (Wildman–Crippen LogP) is 1.63. The molecule has 0 unspecified atom stereocenters. The first-order chi connectivity index (χ1) is 9.33. The minimum Gasteiger partial charge on any atom is -0.496 e. The summed E-state index contributed by atoms with van der Waals surface area (Å²) in [6, 6.07) is 9.60. The number of aliphatic hydroxyl groups excluding tert-OH is 1. The molecule has 0 aliphatic heterocycles. The third-order valence-electron chi connectivity index (χ3n) is 2.75. The molecule has 0 aliphatic rings. The van der Waals surface area contributed by atoms with Crippen molar-refractivity contribution in [1.29, 1.82) is 0 Å².